The molecule has 1 aliphatic rings. The first kappa shape index (κ1) is 15.0. The fraction of sp³-hybridized carbons (Fsp3) is 1.00. The summed E-state index contributed by atoms with van der Waals surface area (Å²) in [6.45, 7) is 12.1. The molecule has 0 heterocycles. The highest BCUT2D eigenvalue weighted by Gasteiger charge is 2.39. The normalized spacial score (nSPS) is 32.5. The Bertz CT molecular complexity index is 224. The Hall–Kier alpha value is -0.0800. The summed E-state index contributed by atoms with van der Waals surface area (Å²) in [5, 5.41) is 0. The van der Waals surface area contributed by atoms with Crippen molar-refractivity contribution in [2.24, 2.45) is 17.1 Å². The number of hydrogen-bond donors (Lipinski definition) is 1. The van der Waals surface area contributed by atoms with Crippen LogP contribution in [0.5, 0.6) is 0 Å². The van der Waals surface area contributed by atoms with Gasteiger partial charge in [0.2, 0.25) is 0 Å². The topological polar surface area (TPSA) is 35.2 Å². The zero-order valence-corrected chi connectivity index (χ0v) is 12.4. The molecule has 0 aromatic carbocycles. The molecule has 0 radical (unpaired) electrons. The van der Waals surface area contributed by atoms with Gasteiger partial charge in [-0.3, -0.25) is 0 Å². The molecule has 1 aliphatic carbocycles. The first-order valence-corrected chi connectivity index (χ1v) is 7.21. The maximum Gasteiger partial charge on any atom is 0.0807 e. The van der Waals surface area contributed by atoms with Gasteiger partial charge in [0.25, 0.3) is 0 Å². The molecule has 2 N–H and O–H groups in total. The van der Waals surface area contributed by atoms with Gasteiger partial charge in [-0.15, -0.1) is 0 Å². The van der Waals surface area contributed by atoms with Crippen LogP contribution in [0.15, 0.2) is 0 Å². The molecule has 0 bridgehead atoms. The molecule has 0 aromatic heterocycles. The Kier molecular flexibility index (Phi) is 5.03. The molecule has 1 rings (SSSR count). The molecule has 0 aromatic rings. The summed E-state index contributed by atoms with van der Waals surface area (Å²) < 4.78 is 6.21. The lowest BCUT2D eigenvalue weighted by atomic mass is 9.68. The highest BCUT2D eigenvalue weighted by Crippen LogP contribution is 2.42. The minimum atomic E-state index is -0.0306. The zero-order chi connectivity index (χ0) is 13.1. The van der Waals surface area contributed by atoms with Crippen LogP contribution in [0.4, 0.5) is 0 Å². The van der Waals surface area contributed by atoms with E-state index in [0.717, 1.165) is 25.2 Å². The molecular formula is C15H31NO. The number of nitrogens with two attached hydrogens (primary N) is 1. The highest BCUT2D eigenvalue weighted by molar-refractivity contribution is 4.91. The zero-order valence-electron chi connectivity index (χ0n) is 12.4. The second-order valence-electron chi connectivity index (χ2n) is 6.86. The van der Waals surface area contributed by atoms with E-state index < -0.39 is 0 Å². The van der Waals surface area contributed by atoms with Crippen molar-refractivity contribution in [3.8, 4) is 0 Å². The van der Waals surface area contributed by atoms with Crippen LogP contribution in [0.1, 0.15) is 66.7 Å². The van der Waals surface area contributed by atoms with Crippen LogP contribution in [0.3, 0.4) is 0 Å². The Balaban J connectivity index is 2.57. The minimum absolute atomic E-state index is 0.0306. The van der Waals surface area contributed by atoms with E-state index in [2.05, 4.69) is 34.6 Å². The predicted molar refractivity (Wildman–Crippen MR) is 74.0 cm³/mol. The molecule has 1 unspecified atom stereocenters. The van der Waals surface area contributed by atoms with Crippen LogP contribution in [0.2, 0.25) is 0 Å². The van der Waals surface area contributed by atoms with Gasteiger partial charge >= 0.3 is 0 Å². The highest BCUT2D eigenvalue weighted by atomic mass is 16.5. The van der Waals surface area contributed by atoms with Crippen molar-refractivity contribution in [1.82, 2.24) is 0 Å². The summed E-state index contributed by atoms with van der Waals surface area (Å²) >= 11 is 0. The summed E-state index contributed by atoms with van der Waals surface area (Å²) in [5.74, 6) is 0.822. The van der Waals surface area contributed by atoms with Gasteiger partial charge in [0.1, 0.15) is 0 Å². The summed E-state index contributed by atoms with van der Waals surface area (Å²) in [7, 11) is 0. The average molecular weight is 241 g/mol. The van der Waals surface area contributed by atoms with Crippen LogP contribution in [-0.4, -0.2) is 18.2 Å². The van der Waals surface area contributed by atoms with Gasteiger partial charge in [-0.05, 0) is 50.4 Å². The molecule has 1 fully saturated rings. The summed E-state index contributed by atoms with van der Waals surface area (Å²) in [6.07, 6.45) is 6.20. The molecule has 0 aliphatic heterocycles. The number of hydrogen-bond acceptors (Lipinski definition) is 2. The summed E-state index contributed by atoms with van der Waals surface area (Å²) in [6, 6.07) is 0. The van der Waals surface area contributed by atoms with Gasteiger partial charge in [-0.1, -0.05) is 27.7 Å². The predicted octanol–water partition coefficient (Wildman–Crippen LogP) is 3.74. The maximum absolute atomic E-state index is 6.21. The van der Waals surface area contributed by atoms with E-state index >= 15 is 0 Å². The Labute approximate surface area is 107 Å². The first-order chi connectivity index (χ1) is 7.83. The Morgan fingerprint density at radius 2 is 1.82 bits per heavy atom. The Morgan fingerprint density at radius 1 is 1.29 bits per heavy atom. The second-order valence-corrected chi connectivity index (χ2v) is 6.86. The Morgan fingerprint density at radius 3 is 2.18 bits per heavy atom. The van der Waals surface area contributed by atoms with Crippen molar-refractivity contribution in [2.75, 3.05) is 6.54 Å². The quantitative estimate of drug-likeness (QED) is 0.814. The van der Waals surface area contributed by atoms with Crippen molar-refractivity contribution in [3.05, 3.63) is 0 Å². The summed E-state index contributed by atoms with van der Waals surface area (Å²) in [5.41, 5.74) is 6.37. The minimum Gasteiger partial charge on any atom is -0.371 e. The van der Waals surface area contributed by atoms with Crippen LogP contribution in [-0.2, 0) is 4.74 Å². The van der Waals surface area contributed by atoms with Gasteiger partial charge < -0.3 is 10.5 Å². The monoisotopic (exact) mass is 241 g/mol. The van der Waals surface area contributed by atoms with Crippen LogP contribution < -0.4 is 5.73 Å². The van der Waals surface area contributed by atoms with E-state index in [9.17, 15) is 0 Å². The molecule has 1 saturated carbocycles. The third kappa shape index (κ3) is 3.96. The van der Waals surface area contributed by atoms with Crippen molar-refractivity contribution in [1.29, 1.82) is 0 Å². The van der Waals surface area contributed by atoms with Gasteiger partial charge in [0, 0.05) is 6.54 Å². The molecule has 0 amide bonds. The lowest BCUT2D eigenvalue weighted by Crippen LogP contribution is -2.47. The largest absolute Gasteiger partial charge is 0.371 e. The third-order valence-electron chi connectivity index (χ3n) is 4.52. The SMILES string of the molecule is CCC(C)OC1(CN)CCC(C(C)(C)C)CC1. The van der Waals surface area contributed by atoms with E-state index in [-0.39, 0.29) is 5.60 Å². The maximum atomic E-state index is 6.21. The molecule has 2 heteroatoms. The van der Waals surface area contributed by atoms with E-state index in [4.69, 9.17) is 10.5 Å². The molecule has 0 spiro atoms. The lowest BCUT2D eigenvalue weighted by Gasteiger charge is -2.44. The fourth-order valence-corrected chi connectivity index (χ4v) is 2.89. The molecule has 17 heavy (non-hydrogen) atoms. The van der Waals surface area contributed by atoms with Crippen molar-refractivity contribution >= 4 is 0 Å². The van der Waals surface area contributed by atoms with Crippen LogP contribution in [0, 0.1) is 11.3 Å². The van der Waals surface area contributed by atoms with Gasteiger partial charge in [-0.2, -0.15) is 0 Å². The molecular weight excluding hydrogens is 210 g/mol. The lowest BCUT2D eigenvalue weighted by molar-refractivity contribution is -0.114. The molecule has 102 valence electrons. The van der Waals surface area contributed by atoms with Crippen molar-refractivity contribution in [3.63, 3.8) is 0 Å². The van der Waals surface area contributed by atoms with E-state index in [0.29, 0.717) is 18.1 Å². The van der Waals surface area contributed by atoms with Crippen LogP contribution in [0.25, 0.3) is 0 Å². The van der Waals surface area contributed by atoms with Gasteiger partial charge in [0.15, 0.2) is 0 Å². The molecule has 1 atom stereocenters. The van der Waals surface area contributed by atoms with E-state index in [1.54, 1.807) is 0 Å². The molecule has 2 nitrogen and oxygen atoms in total. The van der Waals surface area contributed by atoms with E-state index in [1.807, 2.05) is 0 Å². The first-order valence-electron chi connectivity index (χ1n) is 7.21. The van der Waals surface area contributed by atoms with Crippen molar-refractivity contribution in [2.45, 2.75) is 78.4 Å². The molecule has 0 saturated heterocycles. The van der Waals surface area contributed by atoms with E-state index in [1.165, 1.54) is 12.8 Å². The standard InChI is InChI=1S/C15H31NO/c1-6-12(2)17-15(11-16)9-7-13(8-10-15)14(3,4)5/h12-13H,6-11,16H2,1-5H3. The number of ether oxygens (including phenoxy) is 1. The number of rotatable bonds is 4. The van der Waals surface area contributed by atoms with Crippen molar-refractivity contribution < 1.29 is 4.74 Å². The van der Waals surface area contributed by atoms with Crippen LogP contribution >= 0.6 is 0 Å². The van der Waals surface area contributed by atoms with Gasteiger partial charge in [0.05, 0.1) is 11.7 Å². The smallest absolute Gasteiger partial charge is 0.0807 e. The fourth-order valence-electron chi connectivity index (χ4n) is 2.89. The second kappa shape index (κ2) is 5.71. The average Bonchev–Trinajstić information content (AvgIpc) is 2.28. The summed E-state index contributed by atoms with van der Waals surface area (Å²) in [4.78, 5) is 0. The van der Waals surface area contributed by atoms with Gasteiger partial charge in [-0.25, -0.2) is 0 Å². The third-order valence-corrected chi connectivity index (χ3v) is 4.52.